The summed E-state index contributed by atoms with van der Waals surface area (Å²) in [5.74, 6) is 1.02. The zero-order valence-electron chi connectivity index (χ0n) is 11.4. The largest absolute Gasteiger partial charge is 0.493 e. The third-order valence-electron chi connectivity index (χ3n) is 3.18. The van der Waals surface area contributed by atoms with Crippen LogP contribution in [0.25, 0.3) is 0 Å². The van der Waals surface area contributed by atoms with Crippen molar-refractivity contribution in [2.75, 3.05) is 6.61 Å². The lowest BCUT2D eigenvalue weighted by Crippen LogP contribution is -2.28. The molecule has 18 heavy (non-hydrogen) atoms. The Morgan fingerprint density at radius 1 is 1.39 bits per heavy atom. The van der Waals surface area contributed by atoms with E-state index < -0.39 is 0 Å². The van der Waals surface area contributed by atoms with E-state index in [-0.39, 0.29) is 11.5 Å². The lowest BCUT2D eigenvalue weighted by Gasteiger charge is -2.23. The summed E-state index contributed by atoms with van der Waals surface area (Å²) in [4.78, 5) is 0. The highest BCUT2D eigenvalue weighted by atomic mass is 35.5. The second kappa shape index (κ2) is 5.10. The van der Waals surface area contributed by atoms with Crippen LogP contribution in [0, 0.1) is 5.41 Å². The molecule has 0 radical (unpaired) electrons. The van der Waals surface area contributed by atoms with Crippen molar-refractivity contribution in [2.45, 2.75) is 46.1 Å². The minimum absolute atomic E-state index is 0.150. The molecule has 0 fully saturated rings. The van der Waals surface area contributed by atoms with E-state index in [0.717, 1.165) is 42.2 Å². The molecule has 0 amide bonds. The van der Waals surface area contributed by atoms with Crippen LogP contribution in [0.5, 0.6) is 5.75 Å². The minimum Gasteiger partial charge on any atom is -0.493 e. The molecule has 1 aromatic carbocycles. The Morgan fingerprint density at radius 2 is 2.11 bits per heavy atom. The third-order valence-corrected chi connectivity index (χ3v) is 3.40. The van der Waals surface area contributed by atoms with Crippen molar-refractivity contribution in [2.24, 2.45) is 11.1 Å². The van der Waals surface area contributed by atoms with E-state index in [2.05, 4.69) is 20.8 Å². The van der Waals surface area contributed by atoms with Gasteiger partial charge in [0.2, 0.25) is 0 Å². The first-order valence-corrected chi connectivity index (χ1v) is 6.92. The summed E-state index contributed by atoms with van der Waals surface area (Å²) in [7, 11) is 0. The highest BCUT2D eigenvalue weighted by Gasteiger charge is 2.21. The Bertz CT molecular complexity index is 437. The van der Waals surface area contributed by atoms with Gasteiger partial charge in [0.1, 0.15) is 5.75 Å². The molecule has 2 rings (SSSR count). The first kappa shape index (κ1) is 13.7. The van der Waals surface area contributed by atoms with Crippen LogP contribution in [-0.4, -0.2) is 12.6 Å². The number of fused-ring (bicyclic) bond motifs is 1. The van der Waals surface area contributed by atoms with E-state index in [1.807, 2.05) is 12.1 Å². The molecular weight excluding hydrogens is 246 g/mol. The Kier molecular flexibility index (Phi) is 3.88. The minimum atomic E-state index is 0.150. The zero-order valence-corrected chi connectivity index (χ0v) is 12.2. The standard InChI is InChI=1S/C15H22ClNO/c1-15(2,3)9-13(17)8-11-7-12(16)6-10-4-5-18-14(10)11/h6-7,13H,4-5,8-9,17H2,1-3H3. The Morgan fingerprint density at radius 3 is 2.78 bits per heavy atom. The second-order valence-electron chi connectivity index (χ2n) is 6.38. The van der Waals surface area contributed by atoms with Crippen LogP contribution in [0.4, 0.5) is 0 Å². The van der Waals surface area contributed by atoms with Gasteiger partial charge in [-0.25, -0.2) is 0 Å². The molecule has 0 aliphatic carbocycles. The van der Waals surface area contributed by atoms with Crippen molar-refractivity contribution < 1.29 is 4.74 Å². The number of rotatable bonds is 3. The summed E-state index contributed by atoms with van der Waals surface area (Å²) >= 11 is 6.15. The molecule has 2 nitrogen and oxygen atoms in total. The molecule has 3 heteroatoms. The molecule has 1 atom stereocenters. The zero-order chi connectivity index (χ0) is 13.3. The van der Waals surface area contributed by atoms with Crippen LogP contribution in [0.2, 0.25) is 5.02 Å². The van der Waals surface area contributed by atoms with Gasteiger partial charge in [0.15, 0.2) is 0 Å². The van der Waals surface area contributed by atoms with Crippen molar-refractivity contribution in [3.63, 3.8) is 0 Å². The van der Waals surface area contributed by atoms with Gasteiger partial charge in [-0.3, -0.25) is 0 Å². The maximum Gasteiger partial charge on any atom is 0.125 e. The first-order valence-electron chi connectivity index (χ1n) is 6.55. The maximum absolute atomic E-state index is 6.24. The van der Waals surface area contributed by atoms with Crippen molar-refractivity contribution in [3.05, 3.63) is 28.3 Å². The average molecular weight is 268 g/mol. The van der Waals surface area contributed by atoms with E-state index in [1.165, 1.54) is 5.56 Å². The van der Waals surface area contributed by atoms with E-state index >= 15 is 0 Å². The van der Waals surface area contributed by atoms with Gasteiger partial charge >= 0.3 is 0 Å². The number of halogens is 1. The predicted molar refractivity (Wildman–Crippen MR) is 76.4 cm³/mol. The van der Waals surface area contributed by atoms with Gasteiger partial charge in [0.25, 0.3) is 0 Å². The summed E-state index contributed by atoms with van der Waals surface area (Å²) < 4.78 is 5.70. The van der Waals surface area contributed by atoms with Crippen molar-refractivity contribution in [1.82, 2.24) is 0 Å². The number of benzene rings is 1. The van der Waals surface area contributed by atoms with Gasteiger partial charge in [0.05, 0.1) is 6.61 Å². The van der Waals surface area contributed by atoms with E-state index in [0.29, 0.717) is 0 Å². The number of hydrogen-bond acceptors (Lipinski definition) is 2. The highest BCUT2D eigenvalue weighted by Crippen LogP contribution is 2.34. The van der Waals surface area contributed by atoms with E-state index in [1.54, 1.807) is 0 Å². The van der Waals surface area contributed by atoms with Gasteiger partial charge in [-0.05, 0) is 41.5 Å². The summed E-state index contributed by atoms with van der Waals surface area (Å²) in [5.41, 5.74) is 8.87. The molecule has 0 spiro atoms. The molecule has 1 aliphatic rings. The summed E-state index contributed by atoms with van der Waals surface area (Å²) in [6.45, 7) is 7.40. The van der Waals surface area contributed by atoms with Crippen LogP contribution in [0.3, 0.4) is 0 Å². The first-order chi connectivity index (χ1) is 8.35. The van der Waals surface area contributed by atoms with Crippen molar-refractivity contribution in [3.8, 4) is 5.75 Å². The predicted octanol–water partition coefficient (Wildman–Crippen LogP) is 3.58. The molecule has 1 aromatic rings. The van der Waals surface area contributed by atoms with Gasteiger partial charge in [-0.2, -0.15) is 0 Å². The van der Waals surface area contributed by atoms with E-state index in [4.69, 9.17) is 22.1 Å². The molecular formula is C15H22ClNO. The molecule has 2 N–H and O–H groups in total. The van der Waals surface area contributed by atoms with Crippen LogP contribution in [0.1, 0.15) is 38.3 Å². The normalized spacial score (nSPS) is 16.3. The fourth-order valence-corrected chi connectivity index (χ4v) is 2.90. The van der Waals surface area contributed by atoms with Crippen LogP contribution in [0.15, 0.2) is 12.1 Å². The fraction of sp³-hybridized carbons (Fsp3) is 0.600. The summed E-state index contributed by atoms with van der Waals surface area (Å²) in [5, 5.41) is 0.789. The number of nitrogens with two attached hydrogens (primary N) is 1. The Labute approximate surface area is 114 Å². The number of hydrogen-bond donors (Lipinski definition) is 1. The molecule has 1 unspecified atom stereocenters. The topological polar surface area (TPSA) is 35.2 Å². The fourth-order valence-electron chi connectivity index (χ4n) is 2.64. The maximum atomic E-state index is 6.24. The Hall–Kier alpha value is -0.730. The Balaban J connectivity index is 2.14. The molecule has 0 aromatic heterocycles. The van der Waals surface area contributed by atoms with Gasteiger partial charge in [-0.1, -0.05) is 32.4 Å². The second-order valence-corrected chi connectivity index (χ2v) is 6.82. The molecule has 0 saturated heterocycles. The van der Waals surface area contributed by atoms with Gasteiger partial charge in [0, 0.05) is 17.5 Å². The van der Waals surface area contributed by atoms with Gasteiger partial charge < -0.3 is 10.5 Å². The lowest BCUT2D eigenvalue weighted by molar-refractivity contribution is 0.330. The molecule has 1 aliphatic heterocycles. The quantitative estimate of drug-likeness (QED) is 0.909. The summed E-state index contributed by atoms with van der Waals surface area (Å²) in [6.07, 6.45) is 2.78. The van der Waals surface area contributed by atoms with Crippen LogP contribution < -0.4 is 10.5 Å². The molecule has 100 valence electrons. The third kappa shape index (κ3) is 3.39. The molecule has 1 heterocycles. The SMILES string of the molecule is CC(C)(C)CC(N)Cc1cc(Cl)cc2c1OCC2. The van der Waals surface area contributed by atoms with Crippen molar-refractivity contribution in [1.29, 1.82) is 0 Å². The average Bonchev–Trinajstić information content (AvgIpc) is 2.61. The van der Waals surface area contributed by atoms with Gasteiger partial charge in [-0.15, -0.1) is 0 Å². The van der Waals surface area contributed by atoms with Crippen molar-refractivity contribution >= 4 is 11.6 Å². The highest BCUT2D eigenvalue weighted by molar-refractivity contribution is 6.30. The number of ether oxygens (including phenoxy) is 1. The monoisotopic (exact) mass is 267 g/mol. The summed E-state index contributed by atoms with van der Waals surface area (Å²) in [6, 6.07) is 4.15. The smallest absolute Gasteiger partial charge is 0.125 e. The van der Waals surface area contributed by atoms with Crippen LogP contribution in [-0.2, 0) is 12.8 Å². The molecule has 0 bridgehead atoms. The molecule has 0 saturated carbocycles. The lowest BCUT2D eigenvalue weighted by atomic mass is 9.86. The van der Waals surface area contributed by atoms with Crippen LogP contribution >= 0.6 is 11.6 Å². The van der Waals surface area contributed by atoms with E-state index in [9.17, 15) is 0 Å².